The highest BCUT2D eigenvalue weighted by Gasteiger charge is 2.26. The molecule has 1 aromatic heterocycles. The monoisotopic (exact) mass is 357 g/mol. The largest absolute Gasteiger partial charge is 0.489 e. The normalized spacial score (nSPS) is 14.3. The molecule has 1 unspecified atom stereocenters. The van der Waals surface area contributed by atoms with Crippen molar-refractivity contribution in [1.29, 1.82) is 5.26 Å². The molecule has 1 aromatic carbocycles. The molecule has 0 saturated carbocycles. The van der Waals surface area contributed by atoms with Crippen molar-refractivity contribution in [2.75, 3.05) is 13.2 Å². The van der Waals surface area contributed by atoms with Crippen LogP contribution in [0.4, 0.5) is 0 Å². The lowest BCUT2D eigenvalue weighted by atomic mass is 9.95. The molecule has 0 saturated heterocycles. The van der Waals surface area contributed by atoms with Crippen LogP contribution in [-0.2, 0) is 0 Å². The number of benzene rings is 1. The lowest BCUT2D eigenvalue weighted by Crippen LogP contribution is -2.14. The van der Waals surface area contributed by atoms with Gasteiger partial charge in [0.2, 0.25) is 0 Å². The highest BCUT2D eigenvalue weighted by molar-refractivity contribution is 6.32. The highest BCUT2D eigenvalue weighted by Crippen LogP contribution is 2.39. The summed E-state index contributed by atoms with van der Waals surface area (Å²) >= 11 is 6.24. The minimum atomic E-state index is -1.04. The third-order valence-electron chi connectivity index (χ3n) is 3.76. The van der Waals surface area contributed by atoms with Crippen LogP contribution in [0.3, 0.4) is 0 Å². The van der Waals surface area contributed by atoms with Crippen LogP contribution in [0.5, 0.6) is 11.5 Å². The van der Waals surface area contributed by atoms with Gasteiger partial charge in [0.15, 0.2) is 23.2 Å². The summed E-state index contributed by atoms with van der Waals surface area (Å²) in [5, 5.41) is 9.81. The fourth-order valence-corrected chi connectivity index (χ4v) is 2.96. The summed E-state index contributed by atoms with van der Waals surface area (Å²) in [5.74, 6) is -0.0726. The Morgan fingerprint density at radius 3 is 2.72 bits per heavy atom. The topological polar surface area (TPSA) is 85.1 Å². The van der Waals surface area contributed by atoms with Gasteiger partial charge in [-0.2, -0.15) is 5.26 Å². The molecule has 0 fully saturated rings. The molecule has 0 amide bonds. The number of aromatic nitrogens is 2. The lowest BCUT2D eigenvalue weighted by Gasteiger charge is -2.13. The predicted octanol–water partition coefficient (Wildman–Crippen LogP) is 3.40. The van der Waals surface area contributed by atoms with Crippen molar-refractivity contribution in [2.45, 2.75) is 26.2 Å². The van der Waals surface area contributed by atoms with Crippen molar-refractivity contribution in [2.24, 2.45) is 0 Å². The SMILES string of the molecule is Cc1cc(C(C#N)C(=O)c2cc(Cl)c3c(c2)OCCCO3)nc(C)n1. The van der Waals surface area contributed by atoms with Crippen LogP contribution in [0.1, 0.15) is 39.9 Å². The number of Topliss-reactive ketones (excluding diaryl/α,β-unsaturated/α-hetero) is 1. The molecule has 3 rings (SSSR count). The van der Waals surface area contributed by atoms with Gasteiger partial charge in [-0.15, -0.1) is 0 Å². The van der Waals surface area contributed by atoms with Crippen LogP contribution in [0.2, 0.25) is 5.02 Å². The molecular weight excluding hydrogens is 342 g/mol. The zero-order valence-electron chi connectivity index (χ0n) is 13.9. The average Bonchev–Trinajstić information content (AvgIpc) is 2.80. The lowest BCUT2D eigenvalue weighted by molar-refractivity contribution is 0.0977. The molecule has 128 valence electrons. The minimum absolute atomic E-state index is 0.287. The number of nitrogens with zero attached hydrogens (tertiary/aromatic N) is 3. The van der Waals surface area contributed by atoms with Gasteiger partial charge in [-0.05, 0) is 32.0 Å². The Kier molecular flexibility index (Phi) is 4.86. The number of ketones is 1. The van der Waals surface area contributed by atoms with E-state index in [1.165, 1.54) is 6.07 Å². The minimum Gasteiger partial charge on any atom is -0.489 e. The number of carbonyl (C=O) groups excluding carboxylic acids is 1. The summed E-state index contributed by atoms with van der Waals surface area (Å²) in [6.07, 6.45) is 0.731. The van der Waals surface area contributed by atoms with Crippen LogP contribution in [0, 0.1) is 25.2 Å². The van der Waals surface area contributed by atoms with Gasteiger partial charge in [0.05, 0.1) is 30.0 Å². The van der Waals surface area contributed by atoms with E-state index in [-0.39, 0.29) is 10.6 Å². The van der Waals surface area contributed by atoms with Crippen LogP contribution in [0.25, 0.3) is 0 Å². The summed E-state index contributed by atoms with van der Waals surface area (Å²) in [4.78, 5) is 21.3. The zero-order valence-corrected chi connectivity index (χ0v) is 14.6. The van der Waals surface area contributed by atoms with Crippen molar-refractivity contribution < 1.29 is 14.3 Å². The second-order valence-electron chi connectivity index (χ2n) is 5.74. The van der Waals surface area contributed by atoms with Crippen molar-refractivity contribution in [3.05, 3.63) is 46.0 Å². The van der Waals surface area contributed by atoms with E-state index < -0.39 is 11.7 Å². The highest BCUT2D eigenvalue weighted by atomic mass is 35.5. The Morgan fingerprint density at radius 1 is 1.24 bits per heavy atom. The van der Waals surface area contributed by atoms with Gasteiger partial charge < -0.3 is 9.47 Å². The number of hydrogen-bond acceptors (Lipinski definition) is 6. The number of rotatable bonds is 3. The molecular formula is C18H16ClN3O3. The summed E-state index contributed by atoms with van der Waals surface area (Å²) in [6, 6.07) is 6.74. The number of nitriles is 1. The van der Waals surface area contributed by atoms with E-state index in [1.54, 1.807) is 26.0 Å². The van der Waals surface area contributed by atoms with Crippen molar-refractivity contribution in [3.63, 3.8) is 0 Å². The third-order valence-corrected chi connectivity index (χ3v) is 4.04. The fraction of sp³-hybridized carbons (Fsp3) is 0.333. The van der Waals surface area contributed by atoms with Gasteiger partial charge in [-0.25, -0.2) is 9.97 Å². The Hall–Kier alpha value is -2.65. The maximum Gasteiger partial charge on any atom is 0.186 e. The Labute approximate surface area is 150 Å². The smallest absolute Gasteiger partial charge is 0.186 e. The second kappa shape index (κ2) is 7.08. The maximum absolute atomic E-state index is 12.9. The van der Waals surface area contributed by atoms with Crippen LogP contribution in [-0.4, -0.2) is 29.0 Å². The van der Waals surface area contributed by atoms with Gasteiger partial charge in [0.25, 0.3) is 0 Å². The van der Waals surface area contributed by atoms with Crippen LogP contribution in [0.15, 0.2) is 18.2 Å². The van der Waals surface area contributed by atoms with Crippen LogP contribution >= 0.6 is 11.6 Å². The van der Waals surface area contributed by atoms with Gasteiger partial charge in [-0.1, -0.05) is 11.6 Å². The van der Waals surface area contributed by atoms with Crippen molar-refractivity contribution >= 4 is 17.4 Å². The average molecular weight is 358 g/mol. The van der Waals surface area contributed by atoms with Crippen molar-refractivity contribution in [3.8, 4) is 17.6 Å². The zero-order chi connectivity index (χ0) is 18.0. The third kappa shape index (κ3) is 3.57. The molecule has 1 aliphatic rings. The van der Waals surface area contributed by atoms with Gasteiger partial charge in [-0.3, -0.25) is 4.79 Å². The molecule has 0 bridgehead atoms. The molecule has 2 aromatic rings. The number of halogens is 1. The summed E-state index contributed by atoms with van der Waals surface area (Å²) in [7, 11) is 0. The van der Waals surface area contributed by atoms with E-state index in [0.29, 0.717) is 41.9 Å². The molecule has 1 aliphatic heterocycles. The van der Waals surface area contributed by atoms with E-state index in [9.17, 15) is 10.1 Å². The number of carbonyl (C=O) groups is 1. The maximum atomic E-state index is 12.9. The molecule has 6 nitrogen and oxygen atoms in total. The second-order valence-corrected chi connectivity index (χ2v) is 6.15. The molecule has 7 heteroatoms. The van der Waals surface area contributed by atoms with E-state index in [1.807, 2.05) is 6.07 Å². The van der Waals surface area contributed by atoms with E-state index in [4.69, 9.17) is 21.1 Å². The Balaban J connectivity index is 2.00. The number of aryl methyl sites for hydroxylation is 2. The quantitative estimate of drug-likeness (QED) is 0.782. The first-order chi connectivity index (χ1) is 12.0. The molecule has 0 aliphatic carbocycles. The van der Waals surface area contributed by atoms with Gasteiger partial charge >= 0.3 is 0 Å². The fourth-order valence-electron chi connectivity index (χ4n) is 2.69. The number of fused-ring (bicyclic) bond motifs is 1. The molecule has 0 spiro atoms. The summed E-state index contributed by atoms with van der Waals surface area (Å²) in [5.41, 5.74) is 1.36. The first-order valence-corrected chi connectivity index (χ1v) is 8.22. The molecule has 0 radical (unpaired) electrons. The Bertz CT molecular complexity index is 856. The van der Waals surface area contributed by atoms with Gasteiger partial charge in [0.1, 0.15) is 5.82 Å². The predicted molar refractivity (Wildman–Crippen MR) is 91.2 cm³/mol. The molecule has 1 atom stereocenters. The van der Waals surface area contributed by atoms with E-state index >= 15 is 0 Å². The number of ether oxygens (including phenoxy) is 2. The summed E-state index contributed by atoms with van der Waals surface area (Å²) in [6.45, 7) is 4.49. The molecule has 0 N–H and O–H groups in total. The number of hydrogen-bond donors (Lipinski definition) is 0. The molecule has 2 heterocycles. The Morgan fingerprint density at radius 2 is 2.00 bits per heavy atom. The van der Waals surface area contributed by atoms with Crippen LogP contribution < -0.4 is 9.47 Å². The van der Waals surface area contributed by atoms with Crippen molar-refractivity contribution in [1.82, 2.24) is 9.97 Å². The van der Waals surface area contributed by atoms with Gasteiger partial charge in [0, 0.05) is 17.7 Å². The van der Waals surface area contributed by atoms with E-state index in [2.05, 4.69) is 9.97 Å². The first kappa shape index (κ1) is 17.2. The standard InChI is InChI=1S/C18H16ClN3O3/c1-10-6-15(22-11(2)21-10)13(9-20)17(23)12-7-14(19)18-16(8-12)24-4-3-5-25-18/h6-8,13H,3-5H2,1-2H3. The van der Waals surface area contributed by atoms with E-state index in [0.717, 1.165) is 6.42 Å². The molecule has 25 heavy (non-hydrogen) atoms. The summed E-state index contributed by atoms with van der Waals surface area (Å²) < 4.78 is 11.2. The first-order valence-electron chi connectivity index (χ1n) is 7.84.